The van der Waals surface area contributed by atoms with E-state index in [0.29, 0.717) is 0 Å². The van der Waals surface area contributed by atoms with Gasteiger partial charge in [-0.15, -0.1) is 0 Å². The average Bonchev–Trinajstić information content (AvgIpc) is 2.69. The van der Waals surface area contributed by atoms with Crippen LogP contribution < -0.4 is 5.32 Å². The van der Waals surface area contributed by atoms with Gasteiger partial charge in [-0.25, -0.2) is 0 Å². The molecule has 8 heteroatoms. The van der Waals surface area contributed by atoms with E-state index in [-0.39, 0.29) is 54.7 Å². The van der Waals surface area contributed by atoms with Crippen molar-refractivity contribution in [2.75, 3.05) is 34.8 Å². The fourth-order valence-electron chi connectivity index (χ4n) is 3.91. The number of hydrogen-bond donors (Lipinski definition) is 1. The molecule has 0 bridgehead atoms. The quantitative estimate of drug-likeness (QED) is 0.428. The highest BCUT2D eigenvalue weighted by molar-refractivity contribution is 5.87. The smallest absolute Gasteiger partial charge is 0.309 e. The van der Waals surface area contributed by atoms with Gasteiger partial charge in [0.15, 0.2) is 0 Å². The van der Waals surface area contributed by atoms with E-state index in [1.165, 1.54) is 0 Å². The summed E-state index contributed by atoms with van der Waals surface area (Å²) in [6, 6.07) is -0.636. The number of nitrogens with zero attached hydrogens (tertiary/aromatic N) is 2. The van der Waals surface area contributed by atoms with Crippen LogP contribution in [-0.4, -0.2) is 86.2 Å². The van der Waals surface area contributed by atoms with Gasteiger partial charge in [-0.2, -0.15) is 0 Å². The molecule has 32 heavy (non-hydrogen) atoms. The SMILES string of the molecule is CCC(C)[C@@H](C(=O)NCC(=O)N(C)[C@@H]([C@@H](C)CC)[C@@H](CC(=O)OC(C)(C)C)OC)N(C)C. The molecule has 0 radical (unpaired) electrons. The molecule has 8 nitrogen and oxygen atoms in total. The normalized spacial score (nSPS) is 16.6. The van der Waals surface area contributed by atoms with Crippen molar-refractivity contribution in [2.45, 2.75) is 91.5 Å². The molecule has 0 aromatic heterocycles. The predicted molar refractivity (Wildman–Crippen MR) is 127 cm³/mol. The molecule has 0 saturated carbocycles. The lowest BCUT2D eigenvalue weighted by atomic mass is 9.91. The van der Waals surface area contributed by atoms with Crippen LogP contribution in [-0.2, 0) is 23.9 Å². The Labute approximate surface area is 195 Å². The van der Waals surface area contributed by atoms with Gasteiger partial charge in [0.05, 0.1) is 31.2 Å². The summed E-state index contributed by atoms with van der Waals surface area (Å²) >= 11 is 0. The second-order valence-electron chi connectivity index (χ2n) is 9.96. The number of nitrogens with one attached hydrogen (secondary N) is 1. The van der Waals surface area contributed by atoms with Crippen molar-refractivity contribution in [3.63, 3.8) is 0 Å². The molecule has 5 atom stereocenters. The molecule has 0 heterocycles. The summed E-state index contributed by atoms with van der Waals surface area (Å²) in [6.45, 7) is 13.5. The first-order valence-corrected chi connectivity index (χ1v) is 11.6. The van der Waals surface area contributed by atoms with E-state index >= 15 is 0 Å². The number of esters is 1. The maximum atomic E-state index is 13.0. The molecule has 0 spiro atoms. The Morgan fingerprint density at radius 1 is 0.969 bits per heavy atom. The van der Waals surface area contributed by atoms with Gasteiger partial charge < -0.3 is 19.7 Å². The average molecular weight is 458 g/mol. The number of ether oxygens (including phenoxy) is 2. The zero-order chi connectivity index (χ0) is 25.2. The Balaban J connectivity index is 5.37. The second-order valence-corrected chi connectivity index (χ2v) is 9.96. The van der Waals surface area contributed by atoms with Crippen LogP contribution in [0.2, 0.25) is 0 Å². The molecule has 0 fully saturated rings. The minimum Gasteiger partial charge on any atom is -0.460 e. The highest BCUT2D eigenvalue weighted by Crippen LogP contribution is 2.23. The Bertz CT molecular complexity index is 603. The minimum atomic E-state index is -0.591. The Morgan fingerprint density at radius 3 is 1.91 bits per heavy atom. The summed E-state index contributed by atoms with van der Waals surface area (Å²) in [6.07, 6.45) is 1.20. The number of carbonyl (C=O) groups is 3. The van der Waals surface area contributed by atoms with Crippen molar-refractivity contribution < 1.29 is 23.9 Å². The van der Waals surface area contributed by atoms with Gasteiger partial charge in [0, 0.05) is 14.2 Å². The van der Waals surface area contributed by atoms with Gasteiger partial charge in [0.1, 0.15) is 5.60 Å². The highest BCUT2D eigenvalue weighted by Gasteiger charge is 2.35. The van der Waals surface area contributed by atoms with Crippen LogP contribution in [0, 0.1) is 11.8 Å². The molecule has 0 aliphatic carbocycles. The molecule has 1 unspecified atom stereocenters. The second kappa shape index (κ2) is 13.8. The number of methoxy groups -OCH3 is 1. The number of amides is 2. The molecular weight excluding hydrogens is 410 g/mol. The number of hydrogen-bond acceptors (Lipinski definition) is 6. The number of likely N-dealkylation sites (N-methyl/N-ethyl adjacent to an activating group) is 2. The molecule has 0 aromatic rings. The fraction of sp³-hybridized carbons (Fsp3) is 0.875. The zero-order valence-electron chi connectivity index (χ0n) is 22.2. The van der Waals surface area contributed by atoms with E-state index in [1.807, 2.05) is 67.5 Å². The van der Waals surface area contributed by atoms with Gasteiger partial charge in [0.2, 0.25) is 11.8 Å². The summed E-state index contributed by atoms with van der Waals surface area (Å²) in [5.74, 6) is -0.506. The summed E-state index contributed by atoms with van der Waals surface area (Å²) in [5, 5.41) is 2.80. The maximum absolute atomic E-state index is 13.0. The summed E-state index contributed by atoms with van der Waals surface area (Å²) in [5.41, 5.74) is -0.591. The first-order chi connectivity index (χ1) is 14.7. The fourth-order valence-corrected chi connectivity index (χ4v) is 3.91. The van der Waals surface area contributed by atoms with E-state index in [9.17, 15) is 14.4 Å². The van der Waals surface area contributed by atoms with Crippen molar-refractivity contribution in [3.8, 4) is 0 Å². The van der Waals surface area contributed by atoms with Crippen LogP contribution in [0.3, 0.4) is 0 Å². The van der Waals surface area contributed by atoms with Gasteiger partial charge in [-0.3, -0.25) is 19.3 Å². The largest absolute Gasteiger partial charge is 0.460 e. The van der Waals surface area contributed by atoms with Crippen LogP contribution >= 0.6 is 0 Å². The lowest BCUT2D eigenvalue weighted by Gasteiger charge is -2.38. The molecule has 0 aliphatic rings. The van der Waals surface area contributed by atoms with Gasteiger partial charge in [-0.1, -0.05) is 40.5 Å². The summed E-state index contributed by atoms with van der Waals surface area (Å²) in [7, 11) is 6.97. The lowest BCUT2D eigenvalue weighted by molar-refractivity contribution is -0.160. The first kappa shape index (κ1) is 30.3. The van der Waals surface area contributed by atoms with E-state index in [4.69, 9.17) is 9.47 Å². The van der Waals surface area contributed by atoms with Gasteiger partial charge >= 0.3 is 5.97 Å². The summed E-state index contributed by atoms with van der Waals surface area (Å²) < 4.78 is 11.1. The predicted octanol–water partition coefficient (Wildman–Crippen LogP) is 2.70. The molecule has 188 valence electrons. The molecule has 0 aromatic carbocycles. The Hall–Kier alpha value is -1.67. The third-order valence-corrected chi connectivity index (χ3v) is 5.96. The van der Waals surface area contributed by atoms with Crippen molar-refractivity contribution in [2.24, 2.45) is 11.8 Å². The van der Waals surface area contributed by atoms with Crippen LogP contribution in [0.15, 0.2) is 0 Å². The van der Waals surface area contributed by atoms with E-state index in [0.717, 1.165) is 12.8 Å². The van der Waals surface area contributed by atoms with Crippen LogP contribution in [0.4, 0.5) is 0 Å². The number of carbonyl (C=O) groups excluding carboxylic acids is 3. The molecule has 1 N–H and O–H groups in total. The zero-order valence-corrected chi connectivity index (χ0v) is 22.2. The van der Waals surface area contributed by atoms with Crippen LogP contribution in [0.1, 0.15) is 67.7 Å². The van der Waals surface area contributed by atoms with Crippen LogP contribution in [0.25, 0.3) is 0 Å². The lowest BCUT2D eigenvalue weighted by Crippen LogP contribution is -2.54. The highest BCUT2D eigenvalue weighted by atomic mass is 16.6. The number of rotatable bonds is 13. The summed E-state index contributed by atoms with van der Waals surface area (Å²) in [4.78, 5) is 41.6. The molecular formula is C24H47N3O5. The van der Waals surface area contributed by atoms with E-state index in [1.54, 1.807) is 19.1 Å². The molecule has 2 amide bonds. The maximum Gasteiger partial charge on any atom is 0.309 e. The minimum absolute atomic E-state index is 0.0451. The van der Waals surface area contributed by atoms with Gasteiger partial charge in [-0.05, 0) is 46.7 Å². The molecule has 0 aliphatic heterocycles. The Morgan fingerprint density at radius 2 is 1.50 bits per heavy atom. The Kier molecular flexibility index (Phi) is 13.1. The molecule has 0 rings (SSSR count). The van der Waals surface area contributed by atoms with E-state index in [2.05, 4.69) is 5.32 Å². The van der Waals surface area contributed by atoms with Gasteiger partial charge in [0.25, 0.3) is 0 Å². The van der Waals surface area contributed by atoms with Crippen LogP contribution in [0.5, 0.6) is 0 Å². The third kappa shape index (κ3) is 9.86. The van der Waals surface area contributed by atoms with Crippen molar-refractivity contribution in [3.05, 3.63) is 0 Å². The molecule has 0 saturated heterocycles. The first-order valence-electron chi connectivity index (χ1n) is 11.6. The van der Waals surface area contributed by atoms with Crippen molar-refractivity contribution in [1.82, 2.24) is 15.1 Å². The van der Waals surface area contributed by atoms with Crippen molar-refractivity contribution in [1.29, 1.82) is 0 Å². The van der Waals surface area contributed by atoms with Crippen molar-refractivity contribution >= 4 is 17.8 Å². The standard InChI is InChI=1S/C24H47N3O5/c1-12-16(3)21(18(31-11)14-20(29)32-24(5,6)7)27(10)19(28)15-25-23(30)22(26(8)9)17(4)13-2/h16-18,21-22H,12-15H2,1-11H3,(H,25,30)/t16-,17?,18+,21-,22-/m0/s1. The van der Waals surface area contributed by atoms with E-state index < -0.39 is 11.7 Å². The topological polar surface area (TPSA) is 88.2 Å². The third-order valence-electron chi connectivity index (χ3n) is 5.96. The monoisotopic (exact) mass is 457 g/mol.